The summed E-state index contributed by atoms with van der Waals surface area (Å²) < 4.78 is 8.64. The quantitative estimate of drug-likeness (QED) is 0.354. The zero-order chi connectivity index (χ0) is 20.7. The number of phenolic OH excluding ortho intramolecular Hbond substituents is 1. The highest BCUT2D eigenvalue weighted by atomic mass is 79.9. The molecule has 0 fully saturated rings. The maximum absolute atomic E-state index is 11.8. The van der Waals surface area contributed by atoms with Crippen LogP contribution >= 0.6 is 38.9 Å². The van der Waals surface area contributed by atoms with Gasteiger partial charge in [0.15, 0.2) is 4.88 Å². The van der Waals surface area contributed by atoms with Gasteiger partial charge < -0.3 is 14.9 Å². The number of phenols is 1. The van der Waals surface area contributed by atoms with Crippen LogP contribution in [0.25, 0.3) is 16.0 Å². The summed E-state index contributed by atoms with van der Waals surface area (Å²) in [5, 5.41) is 20.3. The average molecular weight is 494 g/mol. The molecule has 2 N–H and O–H groups in total. The van der Waals surface area contributed by atoms with E-state index in [1.807, 2.05) is 22.8 Å². The minimum atomic E-state index is -1.09. The normalized spacial score (nSPS) is 12.2. The third-order valence-corrected chi connectivity index (χ3v) is 6.38. The standard InChI is InChI=1S/C20H14BrClN2O4S/c1-10(12-3-2-4-15(25)18(12)22)28-16-8-17(29-19(16)20(26)27)24-9-23-13-6-5-11(21)7-14(13)24/h2-10,25H,1H3,(H,26,27)/t10-/m1/s1. The highest BCUT2D eigenvalue weighted by molar-refractivity contribution is 9.10. The molecule has 0 aliphatic heterocycles. The summed E-state index contributed by atoms with van der Waals surface area (Å²) in [7, 11) is 0. The summed E-state index contributed by atoms with van der Waals surface area (Å²) in [6.07, 6.45) is 1.08. The molecule has 0 aliphatic rings. The van der Waals surface area contributed by atoms with Crippen molar-refractivity contribution in [1.82, 2.24) is 9.55 Å². The van der Waals surface area contributed by atoms with Crippen LogP contribution in [-0.4, -0.2) is 25.7 Å². The number of aromatic carboxylic acids is 1. The molecule has 2 aromatic heterocycles. The largest absolute Gasteiger partial charge is 0.506 e. The Kier molecular flexibility index (Phi) is 5.24. The fourth-order valence-corrected chi connectivity index (χ4v) is 4.52. The number of ether oxygens (including phenoxy) is 1. The van der Waals surface area contributed by atoms with Crippen LogP contribution in [0, 0.1) is 0 Å². The molecular formula is C20H14BrClN2O4S. The molecule has 4 rings (SSSR count). The van der Waals surface area contributed by atoms with E-state index in [9.17, 15) is 15.0 Å². The average Bonchev–Trinajstić information content (AvgIpc) is 3.27. The molecule has 0 aliphatic carbocycles. The Balaban J connectivity index is 1.74. The predicted molar refractivity (Wildman–Crippen MR) is 116 cm³/mol. The van der Waals surface area contributed by atoms with Crippen molar-refractivity contribution in [3.05, 3.63) is 68.7 Å². The molecule has 9 heteroatoms. The van der Waals surface area contributed by atoms with Crippen LogP contribution < -0.4 is 4.74 Å². The van der Waals surface area contributed by atoms with Gasteiger partial charge in [-0.3, -0.25) is 4.57 Å². The van der Waals surface area contributed by atoms with Crippen LogP contribution in [0.1, 0.15) is 28.3 Å². The molecule has 148 valence electrons. The Morgan fingerprint density at radius 2 is 2.10 bits per heavy atom. The molecule has 6 nitrogen and oxygen atoms in total. The second kappa shape index (κ2) is 7.70. The number of hydrogen-bond donors (Lipinski definition) is 2. The number of hydrogen-bond acceptors (Lipinski definition) is 5. The number of thiophene rings is 1. The third kappa shape index (κ3) is 3.71. The van der Waals surface area contributed by atoms with E-state index < -0.39 is 12.1 Å². The van der Waals surface area contributed by atoms with Gasteiger partial charge in [-0.05, 0) is 31.2 Å². The molecule has 0 saturated heterocycles. The van der Waals surface area contributed by atoms with E-state index in [0.717, 1.165) is 26.8 Å². The van der Waals surface area contributed by atoms with Crippen molar-refractivity contribution in [2.24, 2.45) is 0 Å². The van der Waals surface area contributed by atoms with Gasteiger partial charge in [0, 0.05) is 16.1 Å². The summed E-state index contributed by atoms with van der Waals surface area (Å²) >= 11 is 10.7. The van der Waals surface area contributed by atoms with Gasteiger partial charge in [-0.1, -0.05) is 39.7 Å². The van der Waals surface area contributed by atoms with Crippen molar-refractivity contribution < 1.29 is 19.7 Å². The highest BCUT2D eigenvalue weighted by Gasteiger charge is 2.22. The lowest BCUT2D eigenvalue weighted by molar-refractivity contribution is 0.0695. The van der Waals surface area contributed by atoms with Gasteiger partial charge in [0.2, 0.25) is 0 Å². The summed E-state index contributed by atoms with van der Waals surface area (Å²) in [5.74, 6) is -0.920. The summed E-state index contributed by atoms with van der Waals surface area (Å²) in [6, 6.07) is 12.2. The Bertz CT molecular complexity index is 1240. The van der Waals surface area contributed by atoms with E-state index in [1.54, 1.807) is 31.5 Å². The topological polar surface area (TPSA) is 84.6 Å². The van der Waals surface area contributed by atoms with Gasteiger partial charge in [-0.25, -0.2) is 9.78 Å². The number of aromatic nitrogens is 2. The third-order valence-electron chi connectivity index (χ3n) is 4.38. The maximum Gasteiger partial charge on any atom is 0.349 e. The van der Waals surface area contributed by atoms with Crippen molar-refractivity contribution >= 4 is 55.9 Å². The van der Waals surface area contributed by atoms with Crippen LogP contribution in [0.2, 0.25) is 5.02 Å². The van der Waals surface area contributed by atoms with E-state index in [-0.39, 0.29) is 21.4 Å². The van der Waals surface area contributed by atoms with Gasteiger partial charge in [0.1, 0.15) is 28.9 Å². The first-order valence-corrected chi connectivity index (χ1v) is 10.5. The summed E-state index contributed by atoms with van der Waals surface area (Å²) in [6.45, 7) is 1.74. The fourth-order valence-electron chi connectivity index (χ4n) is 2.98. The number of aromatic hydroxyl groups is 1. The second-order valence-electron chi connectivity index (χ2n) is 6.27. The molecule has 29 heavy (non-hydrogen) atoms. The molecular weight excluding hydrogens is 480 g/mol. The van der Waals surface area contributed by atoms with Gasteiger partial charge in [-0.2, -0.15) is 0 Å². The van der Waals surface area contributed by atoms with Crippen molar-refractivity contribution in [2.45, 2.75) is 13.0 Å². The summed E-state index contributed by atoms with van der Waals surface area (Å²) in [4.78, 5) is 16.2. The molecule has 0 bridgehead atoms. The van der Waals surface area contributed by atoms with E-state index in [1.165, 1.54) is 6.07 Å². The molecule has 0 saturated carbocycles. The van der Waals surface area contributed by atoms with Crippen molar-refractivity contribution in [1.29, 1.82) is 0 Å². The first-order chi connectivity index (χ1) is 13.8. The van der Waals surface area contributed by atoms with Crippen LogP contribution in [0.4, 0.5) is 0 Å². The lowest BCUT2D eigenvalue weighted by Crippen LogP contribution is -2.06. The van der Waals surface area contributed by atoms with Crippen molar-refractivity contribution in [3.63, 3.8) is 0 Å². The van der Waals surface area contributed by atoms with E-state index in [4.69, 9.17) is 16.3 Å². The summed E-state index contributed by atoms with van der Waals surface area (Å²) in [5.41, 5.74) is 2.20. The smallest absolute Gasteiger partial charge is 0.349 e. The van der Waals surface area contributed by atoms with Crippen LogP contribution in [0.15, 0.2) is 53.3 Å². The number of carboxylic acid groups (broad SMARTS) is 1. The Morgan fingerprint density at radius 3 is 2.86 bits per heavy atom. The molecule has 0 radical (unpaired) electrons. The second-order valence-corrected chi connectivity index (χ2v) is 8.60. The molecule has 2 heterocycles. The zero-order valence-corrected chi connectivity index (χ0v) is 18.1. The molecule has 0 unspecified atom stereocenters. The first-order valence-electron chi connectivity index (χ1n) is 8.49. The van der Waals surface area contributed by atoms with E-state index in [0.29, 0.717) is 10.6 Å². The fraction of sp³-hybridized carbons (Fsp3) is 0.100. The number of benzene rings is 2. The SMILES string of the molecule is C[C@@H](Oc1cc(-n2cnc3ccc(Br)cc32)sc1C(=O)O)c1cccc(O)c1Cl. The zero-order valence-electron chi connectivity index (χ0n) is 15.0. The minimum Gasteiger partial charge on any atom is -0.506 e. The predicted octanol–water partition coefficient (Wildman–Crippen LogP) is 6.05. The first kappa shape index (κ1) is 19.8. The van der Waals surface area contributed by atoms with Gasteiger partial charge in [0.25, 0.3) is 0 Å². The molecule has 2 aromatic carbocycles. The van der Waals surface area contributed by atoms with Crippen LogP contribution in [0.3, 0.4) is 0 Å². The number of carbonyl (C=O) groups is 1. The minimum absolute atomic E-state index is 0.0560. The number of halogens is 2. The maximum atomic E-state index is 11.8. The lowest BCUT2D eigenvalue weighted by atomic mass is 10.1. The number of fused-ring (bicyclic) bond motifs is 1. The number of rotatable bonds is 5. The Labute approximate surface area is 183 Å². The number of imidazole rings is 1. The highest BCUT2D eigenvalue weighted by Crippen LogP contribution is 2.38. The van der Waals surface area contributed by atoms with E-state index >= 15 is 0 Å². The van der Waals surface area contributed by atoms with Gasteiger partial charge in [-0.15, -0.1) is 11.3 Å². The molecule has 4 aromatic rings. The van der Waals surface area contributed by atoms with Gasteiger partial charge in [0.05, 0.1) is 16.1 Å². The van der Waals surface area contributed by atoms with Crippen molar-refractivity contribution in [2.75, 3.05) is 0 Å². The Hall–Kier alpha value is -2.55. The van der Waals surface area contributed by atoms with Crippen LogP contribution in [0.5, 0.6) is 11.5 Å². The molecule has 1 atom stereocenters. The number of nitrogens with zero attached hydrogens (tertiary/aromatic N) is 2. The Morgan fingerprint density at radius 1 is 1.31 bits per heavy atom. The van der Waals surface area contributed by atoms with Gasteiger partial charge >= 0.3 is 5.97 Å². The molecule has 0 amide bonds. The number of carboxylic acids is 1. The van der Waals surface area contributed by atoms with Crippen LogP contribution in [-0.2, 0) is 0 Å². The molecule has 0 spiro atoms. The van der Waals surface area contributed by atoms with E-state index in [2.05, 4.69) is 20.9 Å². The monoisotopic (exact) mass is 492 g/mol. The lowest BCUT2D eigenvalue weighted by Gasteiger charge is -2.16. The van der Waals surface area contributed by atoms with Crippen molar-refractivity contribution in [3.8, 4) is 16.5 Å².